The summed E-state index contributed by atoms with van der Waals surface area (Å²) >= 11 is 0. The largest absolute Gasteiger partial charge is 0.340 e. The number of fused-ring (bicyclic) bond motifs is 3. The number of aryl methyl sites for hydroxylation is 1. The lowest BCUT2D eigenvalue weighted by atomic mass is 9.65. The van der Waals surface area contributed by atoms with Crippen molar-refractivity contribution in [2.24, 2.45) is 12.5 Å². The molecular weight excluding hydrogens is 444 g/mol. The van der Waals surface area contributed by atoms with Gasteiger partial charge >= 0.3 is 0 Å². The van der Waals surface area contributed by atoms with E-state index in [1.807, 2.05) is 62.4 Å². The molecule has 0 fully saturated rings. The van der Waals surface area contributed by atoms with Gasteiger partial charge in [0.2, 0.25) is 0 Å². The minimum Gasteiger partial charge on any atom is -0.340 e. The number of benzene rings is 1. The third-order valence-electron chi connectivity index (χ3n) is 7.36. The Balaban J connectivity index is 1.48. The van der Waals surface area contributed by atoms with Gasteiger partial charge in [-0.3, -0.25) is 4.79 Å². The van der Waals surface area contributed by atoms with Crippen molar-refractivity contribution >= 4 is 29.2 Å². The first kappa shape index (κ1) is 22.3. The number of nitrogens with zero attached hydrogens (tertiary/aromatic N) is 4. The van der Waals surface area contributed by atoms with Crippen molar-refractivity contribution in [3.05, 3.63) is 100.0 Å². The molecule has 36 heavy (non-hydrogen) atoms. The Morgan fingerprint density at radius 3 is 2.75 bits per heavy atom. The van der Waals surface area contributed by atoms with Gasteiger partial charge in [0, 0.05) is 30.6 Å². The maximum Gasteiger partial charge on any atom is 0.192 e. The molecule has 0 amide bonds. The molecule has 2 aromatic heterocycles. The van der Waals surface area contributed by atoms with E-state index in [4.69, 9.17) is 0 Å². The molecule has 3 heterocycles. The molecule has 6 rings (SSSR count). The zero-order valence-corrected chi connectivity index (χ0v) is 21.3. The van der Waals surface area contributed by atoms with Crippen molar-refractivity contribution in [1.82, 2.24) is 19.3 Å². The van der Waals surface area contributed by atoms with Crippen LogP contribution in [0, 0.1) is 5.41 Å². The lowest BCUT2D eigenvalue weighted by molar-refractivity contribution is 0.103. The summed E-state index contributed by atoms with van der Waals surface area (Å²) in [5.41, 5.74) is 14.5. The van der Waals surface area contributed by atoms with Crippen molar-refractivity contribution in [3.63, 3.8) is 0 Å². The van der Waals surface area contributed by atoms with E-state index >= 15 is 0 Å². The van der Waals surface area contributed by atoms with Gasteiger partial charge in [0.15, 0.2) is 5.78 Å². The van der Waals surface area contributed by atoms with Crippen LogP contribution in [0.3, 0.4) is 0 Å². The molecular formula is C31H28N4O. The standard InChI is InChI=1S/C31H28N4O/c1-19-8-6-7-11-35-29(19)26(16-33-35)30(36)20(2)12-21-13-22-15-31(3,4)27-10-9-23(27)24(22)14-25(21)28-17-34(5)18-32-28/h6-7,9-14,16-18H,15H2,1-5H3/b20-12-. The predicted octanol–water partition coefficient (Wildman–Crippen LogP) is 6.52. The first-order chi connectivity index (χ1) is 17.2. The van der Waals surface area contributed by atoms with E-state index < -0.39 is 0 Å². The monoisotopic (exact) mass is 472 g/mol. The molecule has 1 aliphatic heterocycles. The topological polar surface area (TPSA) is 52.7 Å². The van der Waals surface area contributed by atoms with Gasteiger partial charge in [0.05, 0.1) is 29.5 Å². The second-order valence-corrected chi connectivity index (χ2v) is 10.5. The molecule has 0 radical (unpaired) electrons. The molecule has 5 nitrogen and oxygen atoms in total. The third-order valence-corrected chi connectivity index (χ3v) is 7.36. The quantitative estimate of drug-likeness (QED) is 0.247. The van der Waals surface area contributed by atoms with E-state index in [0.717, 1.165) is 34.5 Å². The first-order valence-corrected chi connectivity index (χ1v) is 12.2. The number of carbonyl (C=O) groups excluding carboxylic acids is 1. The predicted molar refractivity (Wildman–Crippen MR) is 145 cm³/mol. The van der Waals surface area contributed by atoms with Gasteiger partial charge in [0.25, 0.3) is 0 Å². The van der Waals surface area contributed by atoms with Crippen LogP contribution in [0.2, 0.25) is 0 Å². The fourth-order valence-electron chi connectivity index (χ4n) is 5.49. The van der Waals surface area contributed by atoms with Crippen molar-refractivity contribution in [2.75, 3.05) is 0 Å². The number of aromatic nitrogens is 4. The molecule has 3 aliphatic rings. The number of carbonyl (C=O) groups is 1. The highest BCUT2D eigenvalue weighted by atomic mass is 16.1. The maximum atomic E-state index is 13.7. The summed E-state index contributed by atoms with van der Waals surface area (Å²) in [5, 5.41) is 4.42. The Bertz CT molecular complexity index is 1660. The van der Waals surface area contributed by atoms with E-state index in [2.05, 4.69) is 53.9 Å². The molecule has 0 unspecified atom stereocenters. The molecule has 3 aromatic rings. The minimum absolute atomic E-state index is 0.0374. The summed E-state index contributed by atoms with van der Waals surface area (Å²) in [6.07, 6.45) is 18.5. The highest BCUT2D eigenvalue weighted by Crippen LogP contribution is 2.49. The van der Waals surface area contributed by atoms with Gasteiger partial charge in [-0.05, 0) is 83.4 Å². The maximum absolute atomic E-state index is 13.7. The Hall–Kier alpha value is -4.21. The van der Waals surface area contributed by atoms with E-state index in [1.54, 1.807) is 10.9 Å². The van der Waals surface area contributed by atoms with E-state index in [9.17, 15) is 4.79 Å². The second-order valence-electron chi connectivity index (χ2n) is 10.5. The van der Waals surface area contributed by atoms with Crippen LogP contribution < -0.4 is 0 Å². The average Bonchev–Trinajstić information content (AvgIpc) is 3.37. The van der Waals surface area contributed by atoms with Crippen LogP contribution in [-0.4, -0.2) is 25.1 Å². The lowest BCUT2D eigenvalue weighted by Crippen LogP contribution is -2.26. The third kappa shape index (κ3) is 3.43. The summed E-state index contributed by atoms with van der Waals surface area (Å²) in [6, 6.07) is 4.51. The van der Waals surface area contributed by atoms with E-state index in [-0.39, 0.29) is 11.2 Å². The molecule has 0 atom stereocenters. The van der Waals surface area contributed by atoms with Crippen molar-refractivity contribution in [3.8, 4) is 11.3 Å². The van der Waals surface area contributed by atoms with Crippen LogP contribution >= 0.6 is 0 Å². The summed E-state index contributed by atoms with van der Waals surface area (Å²) < 4.78 is 3.69. The number of hydrogen-bond acceptors (Lipinski definition) is 3. The zero-order valence-electron chi connectivity index (χ0n) is 21.3. The molecule has 5 heteroatoms. The summed E-state index contributed by atoms with van der Waals surface area (Å²) in [4.78, 5) is 18.3. The van der Waals surface area contributed by atoms with Gasteiger partial charge in [-0.2, -0.15) is 5.10 Å². The highest BCUT2D eigenvalue weighted by Gasteiger charge is 2.35. The molecule has 0 bridgehead atoms. The average molecular weight is 473 g/mol. The van der Waals surface area contributed by atoms with Gasteiger partial charge in [-0.1, -0.05) is 32.1 Å². The Morgan fingerprint density at radius 2 is 2.03 bits per heavy atom. The molecule has 178 valence electrons. The van der Waals surface area contributed by atoms with Crippen molar-refractivity contribution < 1.29 is 4.79 Å². The van der Waals surface area contributed by atoms with Gasteiger partial charge in [-0.15, -0.1) is 5.73 Å². The van der Waals surface area contributed by atoms with Crippen molar-refractivity contribution in [2.45, 2.75) is 34.1 Å². The Morgan fingerprint density at radius 1 is 1.19 bits per heavy atom. The summed E-state index contributed by atoms with van der Waals surface area (Å²) in [5.74, 6) is -0.0374. The fourth-order valence-corrected chi connectivity index (χ4v) is 5.49. The van der Waals surface area contributed by atoms with Crippen LogP contribution in [0.15, 0.2) is 72.0 Å². The molecule has 2 aliphatic carbocycles. The van der Waals surface area contributed by atoms with Crippen molar-refractivity contribution in [1.29, 1.82) is 0 Å². The lowest BCUT2D eigenvalue weighted by Gasteiger charge is -2.38. The number of rotatable bonds is 4. The van der Waals surface area contributed by atoms with E-state index in [0.29, 0.717) is 11.1 Å². The zero-order chi connectivity index (χ0) is 25.2. The number of hydrogen-bond donors (Lipinski definition) is 0. The number of ketones is 1. The smallest absolute Gasteiger partial charge is 0.192 e. The van der Waals surface area contributed by atoms with Gasteiger partial charge < -0.3 is 4.57 Å². The highest BCUT2D eigenvalue weighted by molar-refractivity contribution is 6.13. The number of Topliss-reactive ketones (excluding diaryl/α,β-unsaturated/α-hetero) is 1. The first-order valence-electron chi connectivity index (χ1n) is 12.2. The van der Waals surface area contributed by atoms with Crippen LogP contribution in [0.25, 0.3) is 34.7 Å². The minimum atomic E-state index is -0.0374. The van der Waals surface area contributed by atoms with Crippen LogP contribution in [0.4, 0.5) is 0 Å². The molecule has 0 saturated carbocycles. The van der Waals surface area contributed by atoms with Gasteiger partial charge in [0.1, 0.15) is 0 Å². The molecule has 1 aromatic carbocycles. The molecule has 0 spiro atoms. The molecule has 0 saturated heterocycles. The van der Waals surface area contributed by atoms with Crippen LogP contribution in [0.1, 0.15) is 60.4 Å². The summed E-state index contributed by atoms with van der Waals surface area (Å²) in [7, 11) is 1.97. The number of imidazole rings is 1. The van der Waals surface area contributed by atoms with Gasteiger partial charge in [-0.25, -0.2) is 9.67 Å². The normalized spacial score (nSPS) is 17.2. The Kier molecular flexibility index (Phi) is 4.89. The summed E-state index contributed by atoms with van der Waals surface area (Å²) in [6.45, 7) is 8.44. The SMILES string of the molecule is CC1=C=CC=Cn2ncc(C(=O)/C(C)=C\c3cc4c(cc3-c3cn(C)cn3)C3=C(C=C3)C(C)(C)C4)c21. The number of allylic oxidation sites excluding steroid dienone is 7. The Labute approximate surface area is 211 Å². The van der Waals surface area contributed by atoms with Crippen LogP contribution in [0.5, 0.6) is 0 Å². The second kappa shape index (κ2) is 7.91. The van der Waals surface area contributed by atoms with E-state index in [1.165, 1.54) is 22.3 Å². The van der Waals surface area contributed by atoms with Crippen LogP contribution in [-0.2, 0) is 13.5 Å². The fraction of sp³-hybridized carbons (Fsp3) is 0.226. The molecule has 0 N–H and O–H groups in total.